The molecule has 0 aliphatic carbocycles. The lowest BCUT2D eigenvalue weighted by Crippen LogP contribution is -2.53. The van der Waals surface area contributed by atoms with E-state index >= 15 is 0 Å². The minimum atomic E-state index is -0.579. The molecule has 2 aliphatic heterocycles. The SMILES string of the molecule is O=C(c1[nH]ncc1F)N1CCC(c2ccccc2)(N2CCCC2)CC1. The molecule has 0 saturated carbocycles. The highest BCUT2D eigenvalue weighted by Crippen LogP contribution is 2.41. The van der Waals surface area contributed by atoms with Crippen LogP contribution in [0.5, 0.6) is 0 Å². The van der Waals surface area contributed by atoms with Gasteiger partial charge in [0.15, 0.2) is 11.5 Å². The van der Waals surface area contributed by atoms with Gasteiger partial charge >= 0.3 is 0 Å². The second-order valence-electron chi connectivity index (χ2n) is 6.98. The van der Waals surface area contributed by atoms with E-state index in [1.807, 2.05) is 6.07 Å². The van der Waals surface area contributed by atoms with Crippen LogP contribution in [0.4, 0.5) is 4.39 Å². The normalized spacial score (nSPS) is 20.8. The van der Waals surface area contributed by atoms with Gasteiger partial charge in [0, 0.05) is 18.6 Å². The molecule has 4 rings (SSSR count). The molecule has 5 nitrogen and oxygen atoms in total. The number of nitrogens with zero attached hydrogens (tertiary/aromatic N) is 3. The number of carbonyl (C=O) groups is 1. The predicted octanol–water partition coefficient (Wildman–Crippen LogP) is 2.78. The van der Waals surface area contributed by atoms with Crippen LogP contribution >= 0.6 is 0 Å². The molecule has 3 heterocycles. The molecule has 0 spiro atoms. The molecule has 1 N–H and O–H groups in total. The Morgan fingerprint density at radius 3 is 2.36 bits per heavy atom. The van der Waals surface area contributed by atoms with Gasteiger partial charge in [-0.1, -0.05) is 30.3 Å². The van der Waals surface area contributed by atoms with Crippen LogP contribution in [0.2, 0.25) is 0 Å². The lowest BCUT2D eigenvalue weighted by Gasteiger charge is -2.48. The van der Waals surface area contributed by atoms with Crippen molar-refractivity contribution in [2.75, 3.05) is 26.2 Å². The van der Waals surface area contributed by atoms with Crippen molar-refractivity contribution in [3.05, 3.63) is 53.6 Å². The van der Waals surface area contributed by atoms with Gasteiger partial charge in [-0.25, -0.2) is 4.39 Å². The van der Waals surface area contributed by atoms with E-state index in [2.05, 4.69) is 39.4 Å². The van der Waals surface area contributed by atoms with Crippen molar-refractivity contribution in [3.63, 3.8) is 0 Å². The summed E-state index contributed by atoms with van der Waals surface area (Å²) in [7, 11) is 0. The third-order valence-electron chi connectivity index (χ3n) is 5.71. The van der Waals surface area contributed by atoms with Crippen LogP contribution in [0.3, 0.4) is 0 Å². The summed E-state index contributed by atoms with van der Waals surface area (Å²) in [6.45, 7) is 3.47. The summed E-state index contributed by atoms with van der Waals surface area (Å²) in [5.41, 5.74) is 1.28. The van der Waals surface area contributed by atoms with Gasteiger partial charge in [-0.05, 0) is 44.3 Å². The number of aromatic nitrogens is 2. The molecule has 25 heavy (non-hydrogen) atoms. The minimum Gasteiger partial charge on any atom is -0.337 e. The molecule has 1 amide bonds. The van der Waals surface area contributed by atoms with Gasteiger partial charge in [0.2, 0.25) is 0 Å². The third kappa shape index (κ3) is 2.84. The Bertz CT molecular complexity index is 731. The molecular formula is C19H23FN4O. The first-order chi connectivity index (χ1) is 12.2. The Morgan fingerprint density at radius 2 is 1.76 bits per heavy atom. The average molecular weight is 342 g/mol. The van der Waals surface area contributed by atoms with Crippen LogP contribution in [-0.4, -0.2) is 52.1 Å². The third-order valence-corrected chi connectivity index (χ3v) is 5.71. The topological polar surface area (TPSA) is 52.2 Å². The number of carbonyl (C=O) groups excluding carboxylic acids is 1. The Balaban J connectivity index is 1.56. The fourth-order valence-electron chi connectivity index (χ4n) is 4.34. The number of aromatic amines is 1. The maximum Gasteiger partial charge on any atom is 0.274 e. The van der Waals surface area contributed by atoms with E-state index in [4.69, 9.17) is 0 Å². The van der Waals surface area contributed by atoms with Gasteiger partial charge < -0.3 is 4.90 Å². The van der Waals surface area contributed by atoms with E-state index in [0.29, 0.717) is 13.1 Å². The standard InChI is InChI=1S/C19H23FN4O/c20-16-14-21-22-17(16)18(25)23-12-8-19(9-13-23,24-10-4-5-11-24)15-6-2-1-3-7-15/h1-3,6-7,14H,4-5,8-13H2,(H,21,22). The van der Waals surface area contributed by atoms with Crippen LogP contribution in [0.25, 0.3) is 0 Å². The summed E-state index contributed by atoms with van der Waals surface area (Å²) in [6, 6.07) is 10.6. The number of piperidine rings is 1. The second-order valence-corrected chi connectivity index (χ2v) is 6.98. The fraction of sp³-hybridized carbons (Fsp3) is 0.474. The smallest absolute Gasteiger partial charge is 0.274 e. The van der Waals surface area contributed by atoms with Crippen molar-refractivity contribution in [3.8, 4) is 0 Å². The first kappa shape index (κ1) is 16.3. The first-order valence-corrected chi connectivity index (χ1v) is 8.99. The van der Waals surface area contributed by atoms with Gasteiger partial charge in [0.1, 0.15) is 0 Å². The fourth-order valence-corrected chi connectivity index (χ4v) is 4.34. The van der Waals surface area contributed by atoms with Crippen molar-refractivity contribution in [1.29, 1.82) is 0 Å². The van der Waals surface area contributed by atoms with Crippen LogP contribution in [0.1, 0.15) is 41.7 Å². The number of halogens is 1. The van der Waals surface area contributed by atoms with Crippen LogP contribution in [-0.2, 0) is 5.54 Å². The molecule has 0 atom stereocenters. The molecule has 2 fully saturated rings. The van der Waals surface area contributed by atoms with Gasteiger partial charge in [0.05, 0.1) is 6.20 Å². The molecule has 2 aromatic rings. The van der Waals surface area contributed by atoms with Gasteiger partial charge in [-0.2, -0.15) is 5.10 Å². The van der Waals surface area contributed by atoms with Gasteiger partial charge in [-0.3, -0.25) is 14.8 Å². The monoisotopic (exact) mass is 342 g/mol. The summed E-state index contributed by atoms with van der Waals surface area (Å²) >= 11 is 0. The lowest BCUT2D eigenvalue weighted by atomic mass is 9.79. The van der Waals surface area contributed by atoms with Crippen molar-refractivity contribution < 1.29 is 9.18 Å². The average Bonchev–Trinajstić information content (AvgIpc) is 3.34. The highest BCUT2D eigenvalue weighted by molar-refractivity contribution is 5.92. The highest BCUT2D eigenvalue weighted by atomic mass is 19.1. The second kappa shape index (κ2) is 6.59. The van der Waals surface area contributed by atoms with Crippen molar-refractivity contribution in [2.45, 2.75) is 31.2 Å². The molecule has 1 aromatic heterocycles. The number of amides is 1. The largest absolute Gasteiger partial charge is 0.337 e. The molecule has 132 valence electrons. The van der Waals surface area contributed by atoms with E-state index in [9.17, 15) is 9.18 Å². The van der Waals surface area contributed by atoms with E-state index in [0.717, 1.165) is 32.1 Å². The number of likely N-dealkylation sites (tertiary alicyclic amines) is 2. The Kier molecular flexibility index (Phi) is 4.29. The Labute approximate surface area is 146 Å². The number of hydrogen-bond donors (Lipinski definition) is 1. The zero-order valence-electron chi connectivity index (χ0n) is 14.2. The minimum absolute atomic E-state index is 0.0128. The van der Waals surface area contributed by atoms with Crippen molar-refractivity contribution in [1.82, 2.24) is 20.0 Å². The van der Waals surface area contributed by atoms with Gasteiger partial charge in [0.25, 0.3) is 5.91 Å². The molecular weight excluding hydrogens is 319 g/mol. The maximum atomic E-state index is 13.7. The molecule has 0 unspecified atom stereocenters. The quantitative estimate of drug-likeness (QED) is 0.933. The maximum absolute atomic E-state index is 13.7. The van der Waals surface area contributed by atoms with E-state index in [1.54, 1.807) is 4.90 Å². The molecule has 2 aliphatic rings. The number of benzene rings is 1. The number of hydrogen-bond acceptors (Lipinski definition) is 3. The summed E-state index contributed by atoms with van der Waals surface area (Å²) < 4.78 is 13.7. The molecule has 6 heteroatoms. The highest BCUT2D eigenvalue weighted by Gasteiger charge is 2.43. The molecule has 0 bridgehead atoms. The van der Waals surface area contributed by atoms with E-state index < -0.39 is 5.82 Å². The molecule has 0 radical (unpaired) electrons. The van der Waals surface area contributed by atoms with Crippen LogP contribution in [0, 0.1) is 5.82 Å². The van der Waals surface area contributed by atoms with Gasteiger partial charge in [-0.15, -0.1) is 0 Å². The lowest BCUT2D eigenvalue weighted by molar-refractivity contribution is 0.0289. The van der Waals surface area contributed by atoms with E-state index in [1.165, 1.54) is 18.4 Å². The number of nitrogens with one attached hydrogen (secondary N) is 1. The number of rotatable bonds is 3. The Morgan fingerprint density at radius 1 is 1.08 bits per heavy atom. The van der Waals surface area contributed by atoms with Crippen LogP contribution in [0.15, 0.2) is 36.5 Å². The van der Waals surface area contributed by atoms with E-state index in [-0.39, 0.29) is 17.1 Å². The predicted molar refractivity (Wildman–Crippen MR) is 92.6 cm³/mol. The number of H-pyrrole nitrogens is 1. The summed E-state index contributed by atoms with van der Waals surface area (Å²) in [4.78, 5) is 16.9. The Hall–Kier alpha value is -2.21. The molecule has 1 aromatic carbocycles. The zero-order valence-corrected chi connectivity index (χ0v) is 14.2. The summed E-state index contributed by atoms with van der Waals surface area (Å²) in [6.07, 6.45) is 5.26. The molecule has 2 saturated heterocycles. The van der Waals surface area contributed by atoms with Crippen LogP contribution < -0.4 is 0 Å². The van der Waals surface area contributed by atoms with Crippen molar-refractivity contribution >= 4 is 5.91 Å². The first-order valence-electron chi connectivity index (χ1n) is 8.99. The zero-order chi connectivity index (χ0) is 17.3. The van der Waals surface area contributed by atoms with Crippen molar-refractivity contribution in [2.24, 2.45) is 0 Å². The summed E-state index contributed by atoms with van der Waals surface area (Å²) in [5.74, 6) is -0.873. The summed E-state index contributed by atoms with van der Waals surface area (Å²) in [5, 5.41) is 6.10.